The van der Waals surface area contributed by atoms with Gasteiger partial charge in [0.05, 0.1) is 4.90 Å². The van der Waals surface area contributed by atoms with Crippen LogP contribution in [0.1, 0.15) is 29.2 Å². The van der Waals surface area contributed by atoms with Crippen LogP contribution in [0.2, 0.25) is 5.02 Å². The number of nitrogens with one attached hydrogen (secondary N) is 1. The predicted molar refractivity (Wildman–Crippen MR) is 104 cm³/mol. The Balaban J connectivity index is 1.47. The van der Waals surface area contributed by atoms with E-state index in [2.05, 4.69) is 27.1 Å². The SMILES string of the molecule is Cc1ccc(S(=O)(=O)NCCN2CCC(c3cccs3)CC2)cc1Cl. The monoisotopic (exact) mass is 398 g/mol. The van der Waals surface area contributed by atoms with Crippen molar-refractivity contribution < 1.29 is 8.42 Å². The number of aryl methyl sites for hydroxylation is 1. The second-order valence-electron chi connectivity index (χ2n) is 6.44. The molecule has 0 radical (unpaired) electrons. The lowest BCUT2D eigenvalue weighted by Gasteiger charge is -2.31. The van der Waals surface area contributed by atoms with Gasteiger partial charge >= 0.3 is 0 Å². The van der Waals surface area contributed by atoms with Crippen LogP contribution < -0.4 is 4.72 Å². The van der Waals surface area contributed by atoms with Crippen LogP contribution in [0.25, 0.3) is 0 Å². The van der Waals surface area contributed by atoms with Crippen LogP contribution in [0.3, 0.4) is 0 Å². The lowest BCUT2D eigenvalue weighted by atomic mass is 9.95. The molecule has 4 nitrogen and oxygen atoms in total. The number of piperidine rings is 1. The third kappa shape index (κ3) is 4.83. The molecule has 1 aromatic carbocycles. The second-order valence-corrected chi connectivity index (χ2v) is 9.59. The van der Waals surface area contributed by atoms with Gasteiger partial charge < -0.3 is 4.90 Å². The second kappa shape index (κ2) is 8.18. The first-order chi connectivity index (χ1) is 12.0. The number of benzene rings is 1. The number of nitrogens with zero attached hydrogens (tertiary/aromatic N) is 1. The van der Waals surface area contributed by atoms with Gasteiger partial charge in [-0.1, -0.05) is 23.7 Å². The van der Waals surface area contributed by atoms with Crippen LogP contribution in [-0.4, -0.2) is 39.5 Å². The smallest absolute Gasteiger partial charge is 0.240 e. The fraction of sp³-hybridized carbons (Fsp3) is 0.444. The summed E-state index contributed by atoms with van der Waals surface area (Å²) in [5.74, 6) is 0.655. The van der Waals surface area contributed by atoms with Crippen molar-refractivity contribution in [1.82, 2.24) is 9.62 Å². The van der Waals surface area contributed by atoms with Crippen LogP contribution >= 0.6 is 22.9 Å². The topological polar surface area (TPSA) is 49.4 Å². The van der Waals surface area contributed by atoms with Gasteiger partial charge in [0.1, 0.15) is 0 Å². The molecule has 0 amide bonds. The van der Waals surface area contributed by atoms with Gasteiger partial charge in [-0.15, -0.1) is 11.3 Å². The summed E-state index contributed by atoms with van der Waals surface area (Å²) in [4.78, 5) is 4.02. The first-order valence-electron chi connectivity index (χ1n) is 8.47. The molecule has 0 unspecified atom stereocenters. The zero-order valence-corrected chi connectivity index (χ0v) is 16.6. The van der Waals surface area contributed by atoms with E-state index in [9.17, 15) is 8.42 Å². The molecular formula is C18H23ClN2O2S2. The summed E-state index contributed by atoms with van der Waals surface area (Å²) in [6.07, 6.45) is 2.28. The van der Waals surface area contributed by atoms with Gasteiger partial charge in [-0.3, -0.25) is 0 Å². The third-order valence-corrected chi connectivity index (χ3v) is 7.61. The molecule has 1 aliphatic rings. The molecule has 1 N–H and O–H groups in total. The molecule has 2 heterocycles. The molecule has 1 fully saturated rings. The van der Waals surface area contributed by atoms with Gasteiger partial charge in [0.2, 0.25) is 10.0 Å². The number of rotatable bonds is 6. The number of likely N-dealkylation sites (tertiary alicyclic amines) is 1. The maximum absolute atomic E-state index is 12.4. The van der Waals surface area contributed by atoms with E-state index < -0.39 is 10.0 Å². The summed E-state index contributed by atoms with van der Waals surface area (Å²) in [7, 11) is -3.51. The highest BCUT2D eigenvalue weighted by molar-refractivity contribution is 7.89. The van der Waals surface area contributed by atoms with Crippen molar-refractivity contribution in [2.75, 3.05) is 26.2 Å². The first kappa shape index (κ1) is 18.9. The van der Waals surface area contributed by atoms with Crippen LogP contribution in [0, 0.1) is 6.92 Å². The van der Waals surface area contributed by atoms with Crippen molar-refractivity contribution in [2.45, 2.75) is 30.6 Å². The summed E-state index contributed by atoms with van der Waals surface area (Å²) >= 11 is 7.86. The Morgan fingerprint density at radius 1 is 1.28 bits per heavy atom. The minimum atomic E-state index is -3.51. The molecule has 1 aromatic heterocycles. The van der Waals surface area contributed by atoms with Gasteiger partial charge in [0.25, 0.3) is 0 Å². The van der Waals surface area contributed by atoms with E-state index in [0.29, 0.717) is 17.5 Å². The van der Waals surface area contributed by atoms with Crippen molar-refractivity contribution in [2.24, 2.45) is 0 Å². The molecule has 1 aliphatic heterocycles. The summed E-state index contributed by atoms with van der Waals surface area (Å²) < 4.78 is 27.4. The Kier molecular flexibility index (Phi) is 6.17. The Labute approximate surface area is 158 Å². The fourth-order valence-corrected chi connectivity index (χ4v) is 5.32. The van der Waals surface area contributed by atoms with Crippen LogP contribution in [-0.2, 0) is 10.0 Å². The van der Waals surface area contributed by atoms with E-state index in [4.69, 9.17) is 11.6 Å². The summed E-state index contributed by atoms with van der Waals surface area (Å²) in [5.41, 5.74) is 0.870. The molecule has 0 aliphatic carbocycles. The molecule has 0 atom stereocenters. The fourth-order valence-electron chi connectivity index (χ4n) is 3.13. The highest BCUT2D eigenvalue weighted by Crippen LogP contribution is 2.30. The largest absolute Gasteiger partial charge is 0.302 e. The summed E-state index contributed by atoms with van der Waals surface area (Å²) in [5, 5.41) is 2.60. The Morgan fingerprint density at radius 2 is 2.04 bits per heavy atom. The van der Waals surface area contributed by atoms with Gasteiger partial charge in [-0.05, 0) is 67.9 Å². The summed E-state index contributed by atoms with van der Waals surface area (Å²) in [6, 6.07) is 9.15. The first-order valence-corrected chi connectivity index (χ1v) is 11.2. The molecular weight excluding hydrogens is 376 g/mol. The summed E-state index contributed by atoms with van der Waals surface area (Å²) in [6.45, 7) is 5.03. The molecule has 0 bridgehead atoms. The van der Waals surface area contributed by atoms with Crippen LogP contribution in [0.5, 0.6) is 0 Å². The van der Waals surface area contributed by atoms with Gasteiger partial charge in [-0.2, -0.15) is 0 Å². The Morgan fingerprint density at radius 3 is 2.68 bits per heavy atom. The minimum absolute atomic E-state index is 0.222. The normalized spacial score (nSPS) is 17.0. The van der Waals surface area contributed by atoms with Crippen molar-refractivity contribution in [1.29, 1.82) is 0 Å². The Bertz CT molecular complexity index is 798. The number of sulfonamides is 1. The van der Waals surface area contributed by atoms with E-state index >= 15 is 0 Å². The number of hydrogen-bond donors (Lipinski definition) is 1. The van der Waals surface area contributed by atoms with Gasteiger partial charge in [0, 0.05) is 23.0 Å². The standard InChI is InChI=1S/C18H23ClN2O2S2/c1-14-4-5-16(13-17(14)19)25(22,23)20-8-11-21-9-6-15(7-10-21)18-3-2-12-24-18/h2-5,12-13,15,20H,6-11H2,1H3. The lowest BCUT2D eigenvalue weighted by Crippen LogP contribution is -2.39. The Hall–Kier alpha value is -0.920. The molecule has 2 aromatic rings. The highest BCUT2D eigenvalue weighted by atomic mass is 35.5. The quantitative estimate of drug-likeness (QED) is 0.803. The predicted octanol–water partition coefficient (Wildman–Crippen LogP) is 3.87. The number of halogens is 1. The van der Waals surface area contributed by atoms with Crippen LogP contribution in [0.4, 0.5) is 0 Å². The molecule has 25 heavy (non-hydrogen) atoms. The molecule has 3 rings (SSSR count). The maximum Gasteiger partial charge on any atom is 0.240 e. The van der Waals surface area contributed by atoms with E-state index in [1.807, 2.05) is 18.3 Å². The zero-order chi connectivity index (χ0) is 17.9. The van der Waals surface area contributed by atoms with E-state index in [-0.39, 0.29) is 4.90 Å². The van der Waals surface area contributed by atoms with E-state index in [1.54, 1.807) is 12.1 Å². The van der Waals surface area contributed by atoms with E-state index in [0.717, 1.165) is 38.0 Å². The molecule has 7 heteroatoms. The minimum Gasteiger partial charge on any atom is -0.302 e. The molecule has 136 valence electrons. The lowest BCUT2D eigenvalue weighted by molar-refractivity contribution is 0.217. The number of thiophene rings is 1. The van der Waals surface area contributed by atoms with Gasteiger partial charge in [-0.25, -0.2) is 13.1 Å². The highest BCUT2D eigenvalue weighted by Gasteiger charge is 2.21. The molecule has 1 saturated heterocycles. The van der Waals surface area contributed by atoms with Crippen LogP contribution in [0.15, 0.2) is 40.6 Å². The van der Waals surface area contributed by atoms with E-state index in [1.165, 1.54) is 10.9 Å². The average molecular weight is 399 g/mol. The van der Waals surface area contributed by atoms with Gasteiger partial charge in [0.15, 0.2) is 0 Å². The van der Waals surface area contributed by atoms with Crippen molar-refractivity contribution in [3.63, 3.8) is 0 Å². The number of hydrogen-bond acceptors (Lipinski definition) is 4. The molecule has 0 spiro atoms. The third-order valence-electron chi connectivity index (χ3n) is 4.71. The van der Waals surface area contributed by atoms with Crippen molar-refractivity contribution >= 4 is 33.0 Å². The average Bonchev–Trinajstić information content (AvgIpc) is 3.12. The zero-order valence-electron chi connectivity index (χ0n) is 14.2. The van der Waals surface area contributed by atoms with Crippen molar-refractivity contribution in [3.8, 4) is 0 Å². The molecule has 0 saturated carbocycles. The van der Waals surface area contributed by atoms with Crippen molar-refractivity contribution in [3.05, 3.63) is 51.2 Å². The maximum atomic E-state index is 12.4.